The Labute approximate surface area is 123 Å². The van der Waals surface area contributed by atoms with Gasteiger partial charge in [-0.25, -0.2) is 4.98 Å². The monoisotopic (exact) mass is 273 g/mol. The summed E-state index contributed by atoms with van der Waals surface area (Å²) in [4.78, 5) is 4.56. The third kappa shape index (κ3) is 2.70. The molecule has 0 unspecified atom stereocenters. The standard InChI is InChI=1S/C18H15N3/c1-2-13-7-9-15(10-8-13)20-18-11-14(12-19)16-5-3-4-6-17(16)21-18/h3-11H,2H2,1H3,(H,20,21). The highest BCUT2D eigenvalue weighted by atomic mass is 15.0. The predicted octanol–water partition coefficient (Wildman–Crippen LogP) is 4.41. The Balaban J connectivity index is 1.98. The van der Waals surface area contributed by atoms with E-state index in [0.717, 1.165) is 23.0 Å². The van der Waals surface area contributed by atoms with E-state index in [1.165, 1.54) is 5.56 Å². The van der Waals surface area contributed by atoms with Crippen LogP contribution in [0, 0.1) is 11.3 Å². The van der Waals surface area contributed by atoms with Gasteiger partial charge < -0.3 is 5.32 Å². The summed E-state index contributed by atoms with van der Waals surface area (Å²) in [5, 5.41) is 13.4. The number of aromatic nitrogens is 1. The van der Waals surface area contributed by atoms with E-state index in [9.17, 15) is 5.26 Å². The van der Waals surface area contributed by atoms with Crippen molar-refractivity contribution in [1.29, 1.82) is 5.26 Å². The number of nitrogens with one attached hydrogen (secondary N) is 1. The van der Waals surface area contributed by atoms with E-state index in [1.807, 2.05) is 36.4 Å². The molecule has 0 atom stereocenters. The number of fused-ring (bicyclic) bond motifs is 1. The number of hydrogen-bond acceptors (Lipinski definition) is 3. The number of pyridine rings is 1. The Kier molecular flexibility index (Phi) is 3.53. The smallest absolute Gasteiger partial charge is 0.132 e. The molecule has 3 nitrogen and oxygen atoms in total. The lowest BCUT2D eigenvalue weighted by Gasteiger charge is -2.08. The summed E-state index contributed by atoms with van der Waals surface area (Å²) in [6.45, 7) is 2.13. The molecule has 0 bridgehead atoms. The molecule has 0 amide bonds. The lowest BCUT2D eigenvalue weighted by atomic mass is 10.1. The highest BCUT2D eigenvalue weighted by Gasteiger charge is 2.05. The summed E-state index contributed by atoms with van der Waals surface area (Å²) in [6.07, 6.45) is 1.02. The van der Waals surface area contributed by atoms with Crippen LogP contribution in [0.1, 0.15) is 18.1 Å². The number of rotatable bonds is 3. The van der Waals surface area contributed by atoms with Crippen LogP contribution in [-0.2, 0) is 6.42 Å². The molecule has 0 aliphatic heterocycles. The first kappa shape index (κ1) is 13.1. The summed E-state index contributed by atoms with van der Waals surface area (Å²) in [5.41, 5.74) is 3.72. The van der Waals surface area contributed by atoms with Crippen molar-refractivity contribution >= 4 is 22.4 Å². The highest BCUT2D eigenvalue weighted by molar-refractivity contribution is 5.86. The second kappa shape index (κ2) is 5.64. The summed E-state index contributed by atoms with van der Waals surface area (Å²) < 4.78 is 0. The van der Waals surface area contributed by atoms with Crippen LogP contribution in [0.5, 0.6) is 0 Å². The fourth-order valence-electron chi connectivity index (χ4n) is 2.30. The second-order valence-corrected chi connectivity index (χ2v) is 4.86. The zero-order valence-corrected chi connectivity index (χ0v) is 11.8. The van der Waals surface area contributed by atoms with Gasteiger partial charge in [0.15, 0.2) is 0 Å². The van der Waals surface area contributed by atoms with E-state index in [4.69, 9.17) is 0 Å². The third-order valence-corrected chi connectivity index (χ3v) is 3.47. The van der Waals surface area contributed by atoms with Crippen molar-refractivity contribution in [2.75, 3.05) is 5.32 Å². The summed E-state index contributed by atoms with van der Waals surface area (Å²) >= 11 is 0. The molecule has 2 aromatic carbocycles. The fourth-order valence-corrected chi connectivity index (χ4v) is 2.30. The molecule has 3 heteroatoms. The Morgan fingerprint density at radius 3 is 2.57 bits per heavy atom. The number of para-hydroxylation sites is 1. The molecule has 21 heavy (non-hydrogen) atoms. The Morgan fingerprint density at radius 1 is 1.10 bits per heavy atom. The molecule has 1 heterocycles. The van der Waals surface area contributed by atoms with E-state index in [0.29, 0.717) is 11.4 Å². The van der Waals surface area contributed by atoms with Crippen molar-refractivity contribution < 1.29 is 0 Å². The summed E-state index contributed by atoms with van der Waals surface area (Å²) in [7, 11) is 0. The molecular formula is C18H15N3. The minimum absolute atomic E-state index is 0.633. The van der Waals surface area contributed by atoms with E-state index in [1.54, 1.807) is 6.07 Å². The van der Waals surface area contributed by atoms with E-state index >= 15 is 0 Å². The van der Waals surface area contributed by atoms with Crippen molar-refractivity contribution in [3.63, 3.8) is 0 Å². The largest absolute Gasteiger partial charge is 0.340 e. The molecule has 0 saturated carbocycles. The van der Waals surface area contributed by atoms with Gasteiger partial charge in [-0.2, -0.15) is 5.26 Å². The minimum atomic E-state index is 0.633. The average molecular weight is 273 g/mol. The predicted molar refractivity (Wildman–Crippen MR) is 85.6 cm³/mol. The molecule has 1 aromatic heterocycles. The topological polar surface area (TPSA) is 48.7 Å². The lowest BCUT2D eigenvalue weighted by molar-refractivity contribution is 1.14. The van der Waals surface area contributed by atoms with Crippen LogP contribution in [-0.4, -0.2) is 4.98 Å². The maximum atomic E-state index is 9.29. The van der Waals surface area contributed by atoms with Crippen molar-refractivity contribution in [2.45, 2.75) is 13.3 Å². The normalized spacial score (nSPS) is 10.3. The van der Waals surface area contributed by atoms with Crippen LogP contribution >= 0.6 is 0 Å². The molecule has 0 saturated heterocycles. The second-order valence-electron chi connectivity index (χ2n) is 4.86. The summed E-state index contributed by atoms with van der Waals surface area (Å²) in [6, 6.07) is 19.9. The van der Waals surface area contributed by atoms with E-state index in [-0.39, 0.29) is 0 Å². The van der Waals surface area contributed by atoms with Crippen LogP contribution in [0.25, 0.3) is 10.9 Å². The molecule has 3 aromatic rings. The van der Waals surface area contributed by atoms with Crippen molar-refractivity contribution in [3.05, 3.63) is 65.7 Å². The number of benzene rings is 2. The highest BCUT2D eigenvalue weighted by Crippen LogP contribution is 2.22. The van der Waals surface area contributed by atoms with Gasteiger partial charge in [-0.05, 0) is 36.2 Å². The van der Waals surface area contributed by atoms with Gasteiger partial charge in [0.1, 0.15) is 5.82 Å². The SMILES string of the molecule is CCc1ccc(Nc2cc(C#N)c3ccccc3n2)cc1. The summed E-state index contributed by atoms with van der Waals surface area (Å²) in [5.74, 6) is 0.689. The average Bonchev–Trinajstić information content (AvgIpc) is 2.55. The number of nitrogens with zero attached hydrogens (tertiary/aromatic N) is 2. The molecule has 1 N–H and O–H groups in total. The molecule has 102 valence electrons. The molecule has 0 aliphatic rings. The maximum Gasteiger partial charge on any atom is 0.132 e. The quantitative estimate of drug-likeness (QED) is 0.768. The minimum Gasteiger partial charge on any atom is -0.340 e. The zero-order valence-electron chi connectivity index (χ0n) is 11.8. The first-order valence-corrected chi connectivity index (χ1v) is 6.96. The van der Waals surface area contributed by atoms with Crippen LogP contribution in [0.4, 0.5) is 11.5 Å². The van der Waals surface area contributed by atoms with Crippen LogP contribution < -0.4 is 5.32 Å². The first-order valence-electron chi connectivity index (χ1n) is 6.96. The molecule has 0 spiro atoms. The Hall–Kier alpha value is -2.86. The van der Waals surface area contributed by atoms with E-state index in [2.05, 4.69) is 35.4 Å². The zero-order chi connectivity index (χ0) is 14.7. The van der Waals surface area contributed by atoms with Gasteiger partial charge in [-0.15, -0.1) is 0 Å². The Morgan fingerprint density at radius 2 is 1.86 bits per heavy atom. The van der Waals surface area contributed by atoms with Crippen LogP contribution in [0.15, 0.2) is 54.6 Å². The van der Waals surface area contributed by atoms with Crippen molar-refractivity contribution in [2.24, 2.45) is 0 Å². The third-order valence-electron chi connectivity index (χ3n) is 3.47. The Bertz CT molecular complexity index is 814. The number of aryl methyl sites for hydroxylation is 1. The number of anilines is 2. The molecule has 0 radical (unpaired) electrons. The van der Waals surface area contributed by atoms with Crippen molar-refractivity contribution in [1.82, 2.24) is 4.98 Å². The molecular weight excluding hydrogens is 258 g/mol. The maximum absolute atomic E-state index is 9.29. The van der Waals surface area contributed by atoms with Gasteiger partial charge in [0.2, 0.25) is 0 Å². The van der Waals surface area contributed by atoms with Gasteiger partial charge in [0.05, 0.1) is 17.1 Å². The van der Waals surface area contributed by atoms with Crippen LogP contribution in [0.3, 0.4) is 0 Å². The van der Waals surface area contributed by atoms with Gasteiger partial charge >= 0.3 is 0 Å². The molecule has 0 aliphatic carbocycles. The van der Waals surface area contributed by atoms with Crippen LogP contribution in [0.2, 0.25) is 0 Å². The molecule has 3 rings (SSSR count). The number of nitriles is 1. The molecule has 0 fully saturated rings. The van der Waals surface area contributed by atoms with Gasteiger partial charge in [0.25, 0.3) is 0 Å². The fraction of sp³-hybridized carbons (Fsp3) is 0.111. The first-order chi connectivity index (χ1) is 10.3. The van der Waals surface area contributed by atoms with Crippen molar-refractivity contribution in [3.8, 4) is 6.07 Å². The van der Waals surface area contributed by atoms with E-state index < -0.39 is 0 Å². The lowest BCUT2D eigenvalue weighted by Crippen LogP contribution is -1.96. The number of hydrogen-bond donors (Lipinski definition) is 1. The van der Waals surface area contributed by atoms with Gasteiger partial charge in [-0.3, -0.25) is 0 Å². The van der Waals surface area contributed by atoms with Gasteiger partial charge in [0, 0.05) is 11.1 Å². The van der Waals surface area contributed by atoms with Gasteiger partial charge in [-0.1, -0.05) is 37.3 Å².